The van der Waals surface area contributed by atoms with Gasteiger partial charge in [0.15, 0.2) is 0 Å². The molecule has 0 radical (unpaired) electrons. The van der Waals surface area contributed by atoms with Gasteiger partial charge in [-0.1, -0.05) is 37.3 Å². The van der Waals surface area contributed by atoms with Crippen molar-refractivity contribution in [1.29, 1.82) is 0 Å². The fraction of sp³-hybridized carbons (Fsp3) is 0.647. The Kier molecular flexibility index (Phi) is 7.06. The summed E-state index contributed by atoms with van der Waals surface area (Å²) in [6.45, 7) is 6.80. The molecular formula is C17H27NO2. The lowest BCUT2D eigenvalue weighted by molar-refractivity contribution is 0.0166. The second kappa shape index (κ2) is 9.11. The highest BCUT2D eigenvalue weighted by Crippen LogP contribution is 2.13. The first-order chi connectivity index (χ1) is 9.86. The first-order valence-corrected chi connectivity index (χ1v) is 7.81. The average molecular weight is 277 g/mol. The number of hydrogen-bond acceptors (Lipinski definition) is 3. The third kappa shape index (κ3) is 5.61. The van der Waals surface area contributed by atoms with Gasteiger partial charge in [-0.3, -0.25) is 0 Å². The molecule has 112 valence electrons. The molecule has 0 aliphatic carbocycles. The van der Waals surface area contributed by atoms with Crippen LogP contribution in [0.15, 0.2) is 30.3 Å². The number of ether oxygens (including phenoxy) is 2. The summed E-state index contributed by atoms with van der Waals surface area (Å²) in [7, 11) is 0. The van der Waals surface area contributed by atoms with E-state index < -0.39 is 0 Å². The molecule has 1 aliphatic heterocycles. The van der Waals surface area contributed by atoms with Crippen LogP contribution in [0.25, 0.3) is 0 Å². The Balaban J connectivity index is 1.45. The number of hydrogen-bond donors (Lipinski definition) is 1. The highest BCUT2D eigenvalue weighted by atomic mass is 16.5. The molecule has 1 aliphatic rings. The summed E-state index contributed by atoms with van der Waals surface area (Å²) in [5, 5.41) is 3.50. The summed E-state index contributed by atoms with van der Waals surface area (Å²) >= 11 is 0. The van der Waals surface area contributed by atoms with Gasteiger partial charge in [-0.05, 0) is 37.3 Å². The molecule has 1 aromatic carbocycles. The highest BCUT2D eigenvalue weighted by Gasteiger charge is 2.14. The SMILES string of the molecule is CC(CNCCCOCC1CCCO1)c1ccccc1. The minimum absolute atomic E-state index is 0.348. The monoisotopic (exact) mass is 277 g/mol. The zero-order valence-corrected chi connectivity index (χ0v) is 12.5. The molecule has 1 fully saturated rings. The van der Waals surface area contributed by atoms with Gasteiger partial charge in [-0.15, -0.1) is 0 Å². The van der Waals surface area contributed by atoms with Gasteiger partial charge in [0.05, 0.1) is 12.7 Å². The van der Waals surface area contributed by atoms with Gasteiger partial charge in [0.25, 0.3) is 0 Å². The van der Waals surface area contributed by atoms with Crippen LogP contribution >= 0.6 is 0 Å². The zero-order chi connectivity index (χ0) is 14.0. The normalized spacial score (nSPS) is 20.1. The second-order valence-electron chi connectivity index (χ2n) is 5.58. The molecule has 2 atom stereocenters. The van der Waals surface area contributed by atoms with E-state index in [2.05, 4.69) is 42.6 Å². The van der Waals surface area contributed by atoms with E-state index in [1.54, 1.807) is 0 Å². The lowest BCUT2D eigenvalue weighted by Gasteiger charge is -2.13. The van der Waals surface area contributed by atoms with E-state index in [9.17, 15) is 0 Å². The third-order valence-electron chi connectivity index (χ3n) is 3.79. The summed E-state index contributed by atoms with van der Waals surface area (Å²) in [5.74, 6) is 0.559. The van der Waals surface area contributed by atoms with E-state index in [1.165, 1.54) is 12.0 Å². The van der Waals surface area contributed by atoms with Gasteiger partial charge in [0.1, 0.15) is 0 Å². The summed E-state index contributed by atoms with van der Waals surface area (Å²) in [4.78, 5) is 0. The molecule has 1 aromatic rings. The molecule has 0 spiro atoms. The van der Waals surface area contributed by atoms with E-state index in [1.807, 2.05) is 0 Å². The number of nitrogens with one attached hydrogen (secondary N) is 1. The Labute approximate surface area is 122 Å². The molecule has 0 bridgehead atoms. The van der Waals surface area contributed by atoms with Crippen LogP contribution in [0.2, 0.25) is 0 Å². The molecule has 0 amide bonds. The maximum absolute atomic E-state index is 5.64. The molecule has 1 heterocycles. The van der Waals surface area contributed by atoms with Crippen LogP contribution in [0.3, 0.4) is 0 Å². The molecular weight excluding hydrogens is 250 g/mol. The van der Waals surface area contributed by atoms with Crippen molar-refractivity contribution >= 4 is 0 Å². The fourth-order valence-corrected chi connectivity index (χ4v) is 2.51. The third-order valence-corrected chi connectivity index (χ3v) is 3.79. The van der Waals surface area contributed by atoms with Crippen molar-refractivity contribution in [3.8, 4) is 0 Å². The van der Waals surface area contributed by atoms with Gasteiger partial charge >= 0.3 is 0 Å². The molecule has 2 unspecified atom stereocenters. The quantitative estimate of drug-likeness (QED) is 0.704. The van der Waals surface area contributed by atoms with Gasteiger partial charge in [-0.2, -0.15) is 0 Å². The Morgan fingerprint density at radius 3 is 2.95 bits per heavy atom. The van der Waals surface area contributed by atoms with Crippen molar-refractivity contribution in [3.05, 3.63) is 35.9 Å². The van der Waals surface area contributed by atoms with E-state index in [4.69, 9.17) is 9.47 Å². The summed E-state index contributed by atoms with van der Waals surface area (Å²) in [5.41, 5.74) is 1.40. The Bertz CT molecular complexity index is 349. The predicted octanol–water partition coefficient (Wildman–Crippen LogP) is 2.97. The summed E-state index contributed by atoms with van der Waals surface area (Å²) in [6.07, 6.45) is 3.76. The first kappa shape index (κ1) is 15.5. The maximum atomic E-state index is 5.64. The average Bonchev–Trinajstić information content (AvgIpc) is 3.00. The first-order valence-electron chi connectivity index (χ1n) is 7.81. The van der Waals surface area contributed by atoms with Gasteiger partial charge in [0, 0.05) is 19.8 Å². The van der Waals surface area contributed by atoms with Crippen LogP contribution in [0.5, 0.6) is 0 Å². The fourth-order valence-electron chi connectivity index (χ4n) is 2.51. The van der Waals surface area contributed by atoms with E-state index >= 15 is 0 Å². The van der Waals surface area contributed by atoms with Crippen molar-refractivity contribution in [3.63, 3.8) is 0 Å². The van der Waals surface area contributed by atoms with Gasteiger partial charge in [-0.25, -0.2) is 0 Å². The minimum atomic E-state index is 0.348. The van der Waals surface area contributed by atoms with E-state index in [0.29, 0.717) is 12.0 Å². The van der Waals surface area contributed by atoms with E-state index in [-0.39, 0.29) is 0 Å². The molecule has 3 heteroatoms. The molecule has 3 nitrogen and oxygen atoms in total. The van der Waals surface area contributed by atoms with Crippen LogP contribution in [-0.4, -0.2) is 39.0 Å². The molecule has 0 aromatic heterocycles. The van der Waals surface area contributed by atoms with Crippen molar-refractivity contribution in [2.24, 2.45) is 0 Å². The smallest absolute Gasteiger partial charge is 0.0809 e. The topological polar surface area (TPSA) is 30.5 Å². The minimum Gasteiger partial charge on any atom is -0.379 e. The predicted molar refractivity (Wildman–Crippen MR) is 82.1 cm³/mol. The maximum Gasteiger partial charge on any atom is 0.0809 e. The van der Waals surface area contributed by atoms with Crippen LogP contribution < -0.4 is 5.32 Å². The standard InChI is InChI=1S/C17H27NO2/c1-15(16-7-3-2-4-8-16)13-18-10-6-11-19-14-17-9-5-12-20-17/h2-4,7-8,15,17-18H,5-6,9-14H2,1H3. The molecule has 2 rings (SSSR count). The Hall–Kier alpha value is -0.900. The van der Waals surface area contributed by atoms with Crippen molar-refractivity contribution < 1.29 is 9.47 Å². The van der Waals surface area contributed by atoms with Crippen molar-refractivity contribution in [1.82, 2.24) is 5.32 Å². The van der Waals surface area contributed by atoms with Crippen LogP contribution in [0.1, 0.15) is 37.7 Å². The largest absolute Gasteiger partial charge is 0.379 e. The molecule has 1 N–H and O–H groups in total. The van der Waals surface area contributed by atoms with Crippen molar-refractivity contribution in [2.45, 2.75) is 38.2 Å². The van der Waals surface area contributed by atoms with Crippen LogP contribution in [0.4, 0.5) is 0 Å². The van der Waals surface area contributed by atoms with Crippen molar-refractivity contribution in [2.75, 3.05) is 32.9 Å². The zero-order valence-electron chi connectivity index (χ0n) is 12.5. The molecule has 1 saturated heterocycles. The van der Waals surface area contributed by atoms with Gasteiger partial charge in [0.2, 0.25) is 0 Å². The Morgan fingerprint density at radius 1 is 1.35 bits per heavy atom. The summed E-state index contributed by atoms with van der Waals surface area (Å²) in [6, 6.07) is 10.7. The lowest BCUT2D eigenvalue weighted by atomic mass is 10.0. The highest BCUT2D eigenvalue weighted by molar-refractivity contribution is 5.18. The summed E-state index contributed by atoms with van der Waals surface area (Å²) < 4.78 is 11.2. The van der Waals surface area contributed by atoms with Crippen LogP contribution in [0, 0.1) is 0 Å². The molecule has 0 saturated carbocycles. The van der Waals surface area contributed by atoms with Crippen LogP contribution in [-0.2, 0) is 9.47 Å². The lowest BCUT2D eigenvalue weighted by Crippen LogP contribution is -2.23. The van der Waals surface area contributed by atoms with E-state index in [0.717, 1.165) is 45.8 Å². The molecule has 20 heavy (non-hydrogen) atoms. The second-order valence-corrected chi connectivity index (χ2v) is 5.58. The van der Waals surface area contributed by atoms with Gasteiger partial charge < -0.3 is 14.8 Å². The number of benzene rings is 1. The number of rotatable bonds is 9. The Morgan fingerprint density at radius 2 is 2.20 bits per heavy atom.